The van der Waals surface area contributed by atoms with Crippen LogP contribution in [0, 0.1) is 6.92 Å². The quantitative estimate of drug-likeness (QED) is 0.722. The summed E-state index contributed by atoms with van der Waals surface area (Å²) in [6, 6.07) is 15.7. The second-order valence-electron chi connectivity index (χ2n) is 7.27. The first-order valence-electron chi connectivity index (χ1n) is 9.55. The Kier molecular flexibility index (Phi) is 5.20. The van der Waals surface area contributed by atoms with E-state index in [0.29, 0.717) is 32.7 Å². The number of aliphatic hydroxyl groups is 1. The average Bonchev–Trinajstić information content (AvgIpc) is 2.72. The lowest BCUT2D eigenvalue weighted by Gasteiger charge is -2.32. The van der Waals surface area contributed by atoms with Gasteiger partial charge in [-0.25, -0.2) is 0 Å². The molecule has 0 amide bonds. The maximum Gasteiger partial charge on any atom is 0.131 e. The van der Waals surface area contributed by atoms with Gasteiger partial charge in [0.1, 0.15) is 18.1 Å². The molecule has 1 saturated heterocycles. The average molecular weight is 379 g/mol. The van der Waals surface area contributed by atoms with E-state index >= 15 is 0 Å². The highest BCUT2D eigenvalue weighted by Gasteiger charge is 2.32. The van der Waals surface area contributed by atoms with Gasteiger partial charge in [0.05, 0.1) is 18.2 Å². The number of pyridine rings is 1. The molecular weight excluding hydrogens is 354 g/mol. The highest BCUT2D eigenvalue weighted by molar-refractivity contribution is 5.86. The Bertz CT molecular complexity index is 962. The molecule has 2 heterocycles. The SMILES string of the molecule is COc1ccc(COc2cc(C)nc3ccc(C4(O)CCOCC4)cc23)cc1. The highest BCUT2D eigenvalue weighted by Crippen LogP contribution is 2.36. The summed E-state index contributed by atoms with van der Waals surface area (Å²) in [5.74, 6) is 1.60. The van der Waals surface area contributed by atoms with E-state index in [9.17, 15) is 5.11 Å². The zero-order valence-electron chi connectivity index (χ0n) is 16.3. The monoisotopic (exact) mass is 379 g/mol. The molecule has 1 fully saturated rings. The Balaban J connectivity index is 1.64. The Morgan fingerprint density at radius 3 is 2.54 bits per heavy atom. The number of nitrogens with zero attached hydrogens (tertiary/aromatic N) is 1. The van der Waals surface area contributed by atoms with Crippen LogP contribution in [0.1, 0.15) is 29.7 Å². The lowest BCUT2D eigenvalue weighted by atomic mass is 9.86. The van der Waals surface area contributed by atoms with E-state index in [1.54, 1.807) is 7.11 Å². The fraction of sp³-hybridized carbons (Fsp3) is 0.348. The zero-order valence-corrected chi connectivity index (χ0v) is 16.3. The topological polar surface area (TPSA) is 60.8 Å². The summed E-state index contributed by atoms with van der Waals surface area (Å²) in [6.07, 6.45) is 1.19. The van der Waals surface area contributed by atoms with Gasteiger partial charge >= 0.3 is 0 Å². The molecule has 0 atom stereocenters. The van der Waals surface area contributed by atoms with Crippen LogP contribution in [0.3, 0.4) is 0 Å². The van der Waals surface area contributed by atoms with Crippen molar-refractivity contribution in [3.8, 4) is 11.5 Å². The minimum absolute atomic E-state index is 0.449. The number of hydrogen-bond acceptors (Lipinski definition) is 5. The molecule has 1 aliphatic heterocycles. The van der Waals surface area contributed by atoms with Crippen molar-refractivity contribution in [1.82, 2.24) is 4.98 Å². The molecule has 0 bridgehead atoms. The van der Waals surface area contributed by atoms with Crippen LogP contribution < -0.4 is 9.47 Å². The molecule has 1 aromatic heterocycles. The summed E-state index contributed by atoms with van der Waals surface area (Å²) >= 11 is 0. The van der Waals surface area contributed by atoms with Crippen LogP contribution in [0.2, 0.25) is 0 Å². The lowest BCUT2D eigenvalue weighted by Crippen LogP contribution is -2.33. The van der Waals surface area contributed by atoms with Gasteiger partial charge < -0.3 is 19.3 Å². The van der Waals surface area contributed by atoms with Crippen molar-refractivity contribution >= 4 is 10.9 Å². The first kappa shape index (κ1) is 18.7. The molecule has 5 heteroatoms. The van der Waals surface area contributed by atoms with Gasteiger partial charge in [0.25, 0.3) is 0 Å². The van der Waals surface area contributed by atoms with Gasteiger partial charge in [-0.05, 0) is 42.3 Å². The molecule has 4 rings (SSSR count). The zero-order chi connectivity index (χ0) is 19.6. The Labute approximate surface area is 164 Å². The number of ether oxygens (including phenoxy) is 3. The number of aryl methyl sites for hydroxylation is 1. The first-order valence-corrected chi connectivity index (χ1v) is 9.55. The largest absolute Gasteiger partial charge is 0.497 e. The third kappa shape index (κ3) is 3.81. The van der Waals surface area contributed by atoms with Crippen LogP contribution in [-0.2, 0) is 16.9 Å². The Hall–Kier alpha value is -2.63. The van der Waals surface area contributed by atoms with Gasteiger partial charge in [0, 0.05) is 43.2 Å². The molecule has 1 N–H and O–H groups in total. The maximum atomic E-state index is 11.1. The molecule has 28 heavy (non-hydrogen) atoms. The van der Waals surface area contributed by atoms with Crippen LogP contribution >= 0.6 is 0 Å². The van der Waals surface area contributed by atoms with Crippen molar-refractivity contribution in [3.05, 3.63) is 65.4 Å². The van der Waals surface area contributed by atoms with Crippen LogP contribution in [0.15, 0.2) is 48.5 Å². The van der Waals surface area contributed by atoms with E-state index in [-0.39, 0.29) is 0 Å². The Morgan fingerprint density at radius 2 is 1.82 bits per heavy atom. The molecule has 5 nitrogen and oxygen atoms in total. The highest BCUT2D eigenvalue weighted by atomic mass is 16.5. The Morgan fingerprint density at radius 1 is 1.07 bits per heavy atom. The minimum atomic E-state index is -0.857. The van der Waals surface area contributed by atoms with Crippen molar-refractivity contribution in [1.29, 1.82) is 0 Å². The van der Waals surface area contributed by atoms with Crippen molar-refractivity contribution in [3.63, 3.8) is 0 Å². The summed E-state index contributed by atoms with van der Waals surface area (Å²) in [5, 5.41) is 12.0. The fourth-order valence-electron chi connectivity index (χ4n) is 3.61. The van der Waals surface area contributed by atoms with Gasteiger partial charge in [0.2, 0.25) is 0 Å². The molecule has 0 saturated carbocycles. The molecular formula is C23H25NO4. The first-order chi connectivity index (χ1) is 13.6. The molecule has 0 aliphatic carbocycles. The van der Waals surface area contributed by atoms with Gasteiger partial charge in [-0.1, -0.05) is 18.2 Å². The van der Waals surface area contributed by atoms with Gasteiger partial charge in [-0.3, -0.25) is 4.98 Å². The molecule has 146 valence electrons. The summed E-state index contributed by atoms with van der Waals surface area (Å²) in [4.78, 5) is 4.62. The van der Waals surface area contributed by atoms with E-state index in [2.05, 4.69) is 4.98 Å². The minimum Gasteiger partial charge on any atom is -0.497 e. The number of rotatable bonds is 5. The molecule has 1 aliphatic rings. The number of fused-ring (bicyclic) bond motifs is 1. The van der Waals surface area contributed by atoms with E-state index in [0.717, 1.165) is 39.2 Å². The summed E-state index contributed by atoms with van der Waals surface area (Å²) in [6.45, 7) is 3.55. The van der Waals surface area contributed by atoms with Crippen LogP contribution in [0.5, 0.6) is 11.5 Å². The molecule has 0 spiro atoms. The third-order valence-electron chi connectivity index (χ3n) is 5.31. The predicted molar refractivity (Wildman–Crippen MR) is 108 cm³/mol. The fourth-order valence-corrected chi connectivity index (χ4v) is 3.61. The molecule has 2 aromatic carbocycles. The second-order valence-corrected chi connectivity index (χ2v) is 7.27. The van der Waals surface area contributed by atoms with Crippen molar-refractivity contribution in [2.75, 3.05) is 20.3 Å². The summed E-state index contributed by atoms with van der Waals surface area (Å²) < 4.78 is 16.8. The number of benzene rings is 2. The standard InChI is InChI=1S/C23H25NO4/c1-16-13-22(28-15-17-3-6-19(26-2)7-4-17)20-14-18(5-8-21(20)24-16)23(25)9-11-27-12-10-23/h3-8,13-14,25H,9-12,15H2,1-2H3. The van der Waals surface area contributed by atoms with Gasteiger partial charge in [-0.15, -0.1) is 0 Å². The van der Waals surface area contributed by atoms with Gasteiger partial charge in [-0.2, -0.15) is 0 Å². The van der Waals surface area contributed by atoms with Crippen LogP contribution in [-0.4, -0.2) is 30.4 Å². The van der Waals surface area contributed by atoms with Crippen LogP contribution in [0.25, 0.3) is 10.9 Å². The smallest absolute Gasteiger partial charge is 0.131 e. The summed E-state index contributed by atoms with van der Waals surface area (Å²) in [5.41, 5.74) is 2.86. The van der Waals surface area contributed by atoms with E-state index in [1.807, 2.05) is 55.5 Å². The van der Waals surface area contributed by atoms with Crippen molar-refractivity contribution in [2.24, 2.45) is 0 Å². The maximum absolute atomic E-state index is 11.1. The number of hydrogen-bond donors (Lipinski definition) is 1. The molecule has 3 aromatic rings. The molecule has 0 unspecified atom stereocenters. The lowest BCUT2D eigenvalue weighted by molar-refractivity contribution is -0.0678. The third-order valence-corrected chi connectivity index (χ3v) is 5.31. The normalized spacial score (nSPS) is 16.1. The second kappa shape index (κ2) is 7.78. The van der Waals surface area contributed by atoms with Crippen molar-refractivity contribution in [2.45, 2.75) is 32.0 Å². The number of aromatic nitrogens is 1. The van der Waals surface area contributed by atoms with Crippen molar-refractivity contribution < 1.29 is 19.3 Å². The van der Waals surface area contributed by atoms with E-state index in [1.165, 1.54) is 0 Å². The predicted octanol–water partition coefficient (Wildman–Crippen LogP) is 4.13. The molecule has 0 radical (unpaired) electrons. The van der Waals surface area contributed by atoms with E-state index in [4.69, 9.17) is 14.2 Å². The van der Waals surface area contributed by atoms with Gasteiger partial charge in [0.15, 0.2) is 0 Å². The number of methoxy groups -OCH3 is 1. The summed E-state index contributed by atoms with van der Waals surface area (Å²) in [7, 11) is 1.65. The van der Waals surface area contributed by atoms with Crippen LogP contribution in [0.4, 0.5) is 0 Å². The van der Waals surface area contributed by atoms with E-state index < -0.39 is 5.60 Å².